The van der Waals surface area contributed by atoms with Crippen LogP contribution < -0.4 is 5.32 Å². The first-order valence-corrected chi connectivity index (χ1v) is 11.7. The zero-order chi connectivity index (χ0) is 20.7. The summed E-state index contributed by atoms with van der Waals surface area (Å²) in [6.07, 6.45) is 6.98. The molecule has 0 aromatic carbocycles. The van der Waals surface area contributed by atoms with Crippen molar-refractivity contribution in [3.63, 3.8) is 0 Å². The van der Waals surface area contributed by atoms with Crippen molar-refractivity contribution in [1.82, 2.24) is 25.1 Å². The number of aromatic amines is 1. The standard InChI is InChI=1S/C22H29N5O2S/c1-14-5-6-17(30-14)13-26-11-15-9-16(12-26)21(27-18(15)3-2-4-20(27)28)22(29)25-10-19-23-7-8-24-19/h5-8,15-16,18,21H,2-4,9-13H2,1H3,(H,23,24)(H,25,29)/t15-,16+,18-,21+/m0/s1. The van der Waals surface area contributed by atoms with Crippen LogP contribution in [0.4, 0.5) is 0 Å². The minimum Gasteiger partial charge on any atom is -0.347 e. The molecular weight excluding hydrogens is 398 g/mol. The molecule has 3 aliphatic heterocycles. The van der Waals surface area contributed by atoms with Crippen molar-refractivity contribution < 1.29 is 9.59 Å². The van der Waals surface area contributed by atoms with Crippen LogP contribution in [0.3, 0.4) is 0 Å². The average molecular weight is 428 g/mol. The summed E-state index contributed by atoms with van der Waals surface area (Å²) in [5, 5.41) is 3.04. The number of carbonyl (C=O) groups is 2. The summed E-state index contributed by atoms with van der Waals surface area (Å²) < 4.78 is 0. The molecule has 3 fully saturated rings. The van der Waals surface area contributed by atoms with E-state index in [0.717, 1.165) is 44.7 Å². The molecule has 2 N–H and O–H groups in total. The van der Waals surface area contributed by atoms with Crippen LogP contribution in [-0.2, 0) is 22.7 Å². The van der Waals surface area contributed by atoms with E-state index in [1.54, 1.807) is 12.4 Å². The molecule has 160 valence electrons. The highest BCUT2D eigenvalue weighted by molar-refractivity contribution is 7.11. The lowest BCUT2D eigenvalue weighted by Gasteiger charge is -2.55. The lowest BCUT2D eigenvalue weighted by molar-refractivity contribution is -0.160. The third-order valence-electron chi connectivity index (χ3n) is 6.85. The Morgan fingerprint density at radius 3 is 2.97 bits per heavy atom. The Morgan fingerprint density at radius 1 is 1.33 bits per heavy atom. The van der Waals surface area contributed by atoms with Gasteiger partial charge in [-0.15, -0.1) is 11.3 Å². The molecule has 3 saturated heterocycles. The van der Waals surface area contributed by atoms with E-state index in [9.17, 15) is 9.59 Å². The van der Waals surface area contributed by atoms with Crippen LogP contribution in [0.5, 0.6) is 0 Å². The Bertz CT molecular complexity index is 911. The zero-order valence-electron chi connectivity index (χ0n) is 17.3. The molecular formula is C22H29N5O2S. The van der Waals surface area contributed by atoms with Crippen molar-refractivity contribution in [2.75, 3.05) is 13.1 Å². The van der Waals surface area contributed by atoms with E-state index in [1.807, 2.05) is 16.2 Å². The van der Waals surface area contributed by atoms with Crippen LogP contribution in [0.2, 0.25) is 0 Å². The number of aromatic nitrogens is 2. The van der Waals surface area contributed by atoms with Crippen molar-refractivity contribution in [2.24, 2.45) is 11.8 Å². The molecule has 2 bridgehead atoms. The Kier molecular flexibility index (Phi) is 5.37. The molecule has 2 aromatic heterocycles. The number of rotatable bonds is 5. The number of carbonyl (C=O) groups excluding carboxylic acids is 2. The molecule has 0 aliphatic carbocycles. The maximum atomic E-state index is 13.3. The molecule has 0 radical (unpaired) electrons. The molecule has 8 heteroatoms. The van der Waals surface area contributed by atoms with Gasteiger partial charge >= 0.3 is 0 Å². The van der Waals surface area contributed by atoms with Crippen molar-refractivity contribution >= 4 is 23.2 Å². The minimum atomic E-state index is -0.373. The first-order valence-electron chi connectivity index (χ1n) is 10.9. The van der Waals surface area contributed by atoms with E-state index in [1.165, 1.54) is 9.75 Å². The molecule has 7 nitrogen and oxygen atoms in total. The summed E-state index contributed by atoms with van der Waals surface area (Å²) >= 11 is 1.85. The highest BCUT2D eigenvalue weighted by atomic mass is 32.1. The van der Waals surface area contributed by atoms with Crippen LogP contribution in [0.25, 0.3) is 0 Å². The van der Waals surface area contributed by atoms with Gasteiger partial charge in [0.2, 0.25) is 11.8 Å². The highest BCUT2D eigenvalue weighted by Gasteiger charge is 2.51. The summed E-state index contributed by atoms with van der Waals surface area (Å²) in [6, 6.07) is 4.21. The van der Waals surface area contributed by atoms with E-state index in [-0.39, 0.29) is 29.8 Å². The van der Waals surface area contributed by atoms with Crippen LogP contribution in [0.1, 0.15) is 41.3 Å². The molecule has 0 saturated carbocycles. The van der Waals surface area contributed by atoms with E-state index in [0.29, 0.717) is 18.9 Å². The SMILES string of the molecule is Cc1ccc(CN2C[C@@H]3C[C@H](C2)[C@H](C(=O)NCc2ncc[nH]2)N2C(=O)CCC[C@@H]32)s1. The molecule has 5 heterocycles. The van der Waals surface area contributed by atoms with Crippen LogP contribution >= 0.6 is 11.3 Å². The zero-order valence-corrected chi connectivity index (χ0v) is 18.2. The van der Waals surface area contributed by atoms with Gasteiger partial charge in [-0.2, -0.15) is 0 Å². The lowest BCUT2D eigenvalue weighted by atomic mass is 9.71. The second kappa shape index (κ2) is 8.15. The number of hydrogen-bond acceptors (Lipinski definition) is 5. The summed E-state index contributed by atoms with van der Waals surface area (Å²) in [6.45, 7) is 5.33. The number of hydrogen-bond donors (Lipinski definition) is 2. The fourth-order valence-corrected chi connectivity index (χ4v) is 6.61. The summed E-state index contributed by atoms with van der Waals surface area (Å²) in [4.78, 5) is 40.6. The third kappa shape index (κ3) is 3.78. The van der Waals surface area contributed by atoms with Gasteiger partial charge in [0.25, 0.3) is 0 Å². The van der Waals surface area contributed by atoms with E-state index in [4.69, 9.17) is 0 Å². The number of nitrogens with one attached hydrogen (secondary N) is 2. The largest absolute Gasteiger partial charge is 0.347 e. The number of likely N-dealkylation sites (tertiary alicyclic amines) is 1. The fraction of sp³-hybridized carbons (Fsp3) is 0.591. The van der Waals surface area contributed by atoms with Gasteiger partial charge in [-0.1, -0.05) is 0 Å². The van der Waals surface area contributed by atoms with Gasteiger partial charge in [0.05, 0.1) is 6.54 Å². The lowest BCUT2D eigenvalue weighted by Crippen LogP contribution is -2.68. The number of piperidine rings is 3. The molecule has 0 unspecified atom stereocenters. The van der Waals surface area contributed by atoms with Gasteiger partial charge in [0.1, 0.15) is 11.9 Å². The monoisotopic (exact) mass is 427 g/mol. The van der Waals surface area contributed by atoms with Gasteiger partial charge < -0.3 is 15.2 Å². The maximum absolute atomic E-state index is 13.3. The fourth-order valence-electron chi connectivity index (χ4n) is 5.68. The summed E-state index contributed by atoms with van der Waals surface area (Å²) in [5.41, 5.74) is 0. The maximum Gasteiger partial charge on any atom is 0.243 e. The normalized spacial score (nSPS) is 29.0. The molecule has 2 aromatic rings. The highest BCUT2D eigenvalue weighted by Crippen LogP contribution is 2.42. The van der Waals surface area contributed by atoms with E-state index < -0.39 is 0 Å². The van der Waals surface area contributed by atoms with Gasteiger partial charge in [-0.25, -0.2) is 4.98 Å². The molecule has 2 amide bonds. The third-order valence-corrected chi connectivity index (χ3v) is 7.83. The van der Waals surface area contributed by atoms with Gasteiger partial charge in [-0.3, -0.25) is 14.5 Å². The number of H-pyrrole nitrogens is 1. The smallest absolute Gasteiger partial charge is 0.243 e. The summed E-state index contributed by atoms with van der Waals surface area (Å²) in [5.74, 6) is 1.49. The van der Waals surface area contributed by atoms with Crippen LogP contribution in [-0.4, -0.2) is 56.8 Å². The van der Waals surface area contributed by atoms with E-state index in [2.05, 4.69) is 39.2 Å². The van der Waals surface area contributed by atoms with Crippen LogP contribution in [0.15, 0.2) is 24.5 Å². The number of aryl methyl sites for hydroxylation is 1. The number of fused-ring (bicyclic) bond motifs is 4. The molecule has 4 atom stereocenters. The van der Waals surface area contributed by atoms with Crippen molar-refractivity contribution in [1.29, 1.82) is 0 Å². The molecule has 30 heavy (non-hydrogen) atoms. The molecule has 0 spiro atoms. The minimum absolute atomic E-state index is 0.0380. The number of thiophene rings is 1. The Hall–Kier alpha value is -2.19. The predicted molar refractivity (Wildman–Crippen MR) is 115 cm³/mol. The van der Waals surface area contributed by atoms with Crippen LogP contribution in [0, 0.1) is 18.8 Å². The number of amides is 2. The topological polar surface area (TPSA) is 81.3 Å². The van der Waals surface area contributed by atoms with Gasteiger partial charge in [0, 0.05) is 60.2 Å². The molecule has 3 aliphatic rings. The number of imidazole rings is 1. The van der Waals surface area contributed by atoms with E-state index >= 15 is 0 Å². The second-order valence-corrected chi connectivity index (χ2v) is 10.3. The first-order chi connectivity index (χ1) is 14.6. The number of nitrogens with zero attached hydrogens (tertiary/aromatic N) is 3. The summed E-state index contributed by atoms with van der Waals surface area (Å²) in [7, 11) is 0. The average Bonchev–Trinajstić information content (AvgIpc) is 3.39. The Labute approximate surface area is 180 Å². The van der Waals surface area contributed by atoms with Gasteiger partial charge in [0.15, 0.2) is 0 Å². The Morgan fingerprint density at radius 2 is 2.20 bits per heavy atom. The van der Waals surface area contributed by atoms with Crippen molar-refractivity contribution in [3.8, 4) is 0 Å². The Balaban J connectivity index is 1.36. The van der Waals surface area contributed by atoms with Crippen molar-refractivity contribution in [2.45, 2.75) is 57.8 Å². The molecule has 5 rings (SSSR count). The van der Waals surface area contributed by atoms with Crippen molar-refractivity contribution in [3.05, 3.63) is 40.1 Å². The van der Waals surface area contributed by atoms with Gasteiger partial charge in [-0.05, 0) is 44.2 Å². The first kappa shape index (κ1) is 19.8. The predicted octanol–water partition coefficient (Wildman–Crippen LogP) is 2.30. The second-order valence-electron chi connectivity index (χ2n) is 8.92. The quantitative estimate of drug-likeness (QED) is 0.767.